The highest BCUT2D eigenvalue weighted by molar-refractivity contribution is 6.30. The van der Waals surface area contributed by atoms with Crippen molar-refractivity contribution in [1.29, 1.82) is 0 Å². The predicted molar refractivity (Wildman–Crippen MR) is 113 cm³/mol. The molecular formula is C22H22ClN3O2. The summed E-state index contributed by atoms with van der Waals surface area (Å²) >= 11 is 5.88. The number of benzene rings is 2. The zero-order valence-electron chi connectivity index (χ0n) is 15.6. The van der Waals surface area contributed by atoms with Gasteiger partial charge in [0.2, 0.25) is 0 Å². The molecule has 0 atom stereocenters. The number of nitrogens with zero attached hydrogens (tertiary/aromatic N) is 1. The predicted octanol–water partition coefficient (Wildman–Crippen LogP) is 5.39. The number of pyridine rings is 1. The van der Waals surface area contributed by atoms with Crippen LogP contribution in [0.4, 0.5) is 11.4 Å². The highest BCUT2D eigenvalue weighted by atomic mass is 35.5. The van der Waals surface area contributed by atoms with Crippen LogP contribution in [-0.2, 0) is 6.61 Å². The number of carbonyl (C=O) groups excluding carboxylic acids is 1. The van der Waals surface area contributed by atoms with Crippen molar-refractivity contribution in [1.82, 2.24) is 4.98 Å². The van der Waals surface area contributed by atoms with E-state index in [1.165, 1.54) is 0 Å². The third-order valence-corrected chi connectivity index (χ3v) is 4.26. The Morgan fingerprint density at radius 1 is 1.00 bits per heavy atom. The van der Waals surface area contributed by atoms with Crippen LogP contribution in [0.3, 0.4) is 0 Å². The van der Waals surface area contributed by atoms with Crippen molar-refractivity contribution < 1.29 is 9.53 Å². The van der Waals surface area contributed by atoms with Crippen LogP contribution in [-0.4, -0.2) is 17.4 Å². The minimum atomic E-state index is -0.253. The van der Waals surface area contributed by atoms with Crippen LogP contribution >= 0.6 is 11.6 Å². The van der Waals surface area contributed by atoms with E-state index in [2.05, 4.69) is 22.5 Å². The maximum Gasteiger partial charge on any atom is 0.274 e. The van der Waals surface area contributed by atoms with Crippen molar-refractivity contribution >= 4 is 28.9 Å². The molecule has 0 aliphatic rings. The summed E-state index contributed by atoms with van der Waals surface area (Å²) in [5, 5.41) is 6.76. The molecule has 1 amide bonds. The van der Waals surface area contributed by atoms with Crippen LogP contribution in [0.25, 0.3) is 0 Å². The highest BCUT2D eigenvalue weighted by Crippen LogP contribution is 2.18. The number of hydrogen-bond acceptors (Lipinski definition) is 4. The molecule has 0 saturated heterocycles. The van der Waals surface area contributed by atoms with E-state index in [-0.39, 0.29) is 5.91 Å². The van der Waals surface area contributed by atoms with E-state index < -0.39 is 0 Å². The standard InChI is InChI=1S/C22H22ClN3O2/c1-2-13-24-19-9-12-21(25-14-19)22(27)26-18-7-10-20(11-8-18)28-15-16-3-5-17(23)6-4-16/h3-12,14,24H,2,13,15H2,1H3,(H,26,27). The Morgan fingerprint density at radius 3 is 2.36 bits per heavy atom. The molecule has 2 aromatic carbocycles. The molecule has 2 N–H and O–H groups in total. The molecule has 0 bridgehead atoms. The number of carbonyl (C=O) groups is 1. The molecule has 28 heavy (non-hydrogen) atoms. The lowest BCUT2D eigenvalue weighted by molar-refractivity contribution is 0.102. The monoisotopic (exact) mass is 395 g/mol. The summed E-state index contributed by atoms with van der Waals surface area (Å²) in [5.41, 5.74) is 2.98. The maximum atomic E-state index is 12.3. The lowest BCUT2D eigenvalue weighted by atomic mass is 10.2. The minimum absolute atomic E-state index is 0.253. The van der Waals surface area contributed by atoms with Gasteiger partial charge in [0, 0.05) is 17.3 Å². The molecule has 0 saturated carbocycles. The number of amides is 1. The second-order valence-electron chi connectivity index (χ2n) is 6.25. The van der Waals surface area contributed by atoms with Gasteiger partial charge in [-0.1, -0.05) is 30.7 Å². The van der Waals surface area contributed by atoms with Gasteiger partial charge in [-0.2, -0.15) is 0 Å². The zero-order chi connectivity index (χ0) is 19.8. The number of ether oxygens (including phenoxy) is 1. The van der Waals surface area contributed by atoms with E-state index in [9.17, 15) is 4.79 Å². The first-order valence-corrected chi connectivity index (χ1v) is 9.50. The number of hydrogen-bond donors (Lipinski definition) is 2. The molecule has 0 aliphatic heterocycles. The van der Waals surface area contributed by atoms with Gasteiger partial charge in [0.1, 0.15) is 18.1 Å². The molecule has 0 spiro atoms. The van der Waals surface area contributed by atoms with E-state index in [0.29, 0.717) is 23.0 Å². The lowest BCUT2D eigenvalue weighted by Gasteiger charge is -2.09. The molecule has 0 aliphatic carbocycles. The first-order valence-electron chi connectivity index (χ1n) is 9.12. The quantitative estimate of drug-likeness (QED) is 0.536. The van der Waals surface area contributed by atoms with Gasteiger partial charge < -0.3 is 15.4 Å². The summed E-state index contributed by atoms with van der Waals surface area (Å²) in [7, 11) is 0. The van der Waals surface area contributed by atoms with E-state index >= 15 is 0 Å². The Labute approximate surface area is 169 Å². The maximum absolute atomic E-state index is 12.3. The van der Waals surface area contributed by atoms with Crippen molar-refractivity contribution in [2.75, 3.05) is 17.2 Å². The van der Waals surface area contributed by atoms with Gasteiger partial charge in [-0.05, 0) is 60.5 Å². The van der Waals surface area contributed by atoms with E-state index in [4.69, 9.17) is 16.3 Å². The summed E-state index contributed by atoms with van der Waals surface area (Å²) in [6, 6.07) is 18.3. The first-order chi connectivity index (χ1) is 13.6. The molecule has 6 heteroatoms. The van der Waals surface area contributed by atoms with Crippen molar-refractivity contribution in [3.8, 4) is 5.75 Å². The SMILES string of the molecule is CCCNc1ccc(C(=O)Nc2ccc(OCc3ccc(Cl)cc3)cc2)nc1. The first kappa shape index (κ1) is 19.7. The number of halogens is 1. The molecule has 1 heterocycles. The number of rotatable bonds is 8. The summed E-state index contributed by atoms with van der Waals surface area (Å²) in [5.74, 6) is 0.467. The third kappa shape index (κ3) is 5.72. The van der Waals surface area contributed by atoms with Gasteiger partial charge in [0.05, 0.1) is 11.9 Å². The second kappa shape index (κ2) is 9.76. The minimum Gasteiger partial charge on any atom is -0.489 e. The topological polar surface area (TPSA) is 63.2 Å². The van der Waals surface area contributed by atoms with E-state index in [1.807, 2.05) is 42.5 Å². The number of anilines is 2. The van der Waals surface area contributed by atoms with Gasteiger partial charge in [0.25, 0.3) is 5.91 Å². The van der Waals surface area contributed by atoms with Crippen molar-refractivity contribution in [2.45, 2.75) is 20.0 Å². The summed E-state index contributed by atoms with van der Waals surface area (Å²) in [6.07, 6.45) is 2.69. The van der Waals surface area contributed by atoms with Crippen LogP contribution in [0.1, 0.15) is 29.4 Å². The molecule has 0 unspecified atom stereocenters. The zero-order valence-corrected chi connectivity index (χ0v) is 16.4. The van der Waals surface area contributed by atoms with Crippen LogP contribution < -0.4 is 15.4 Å². The molecular weight excluding hydrogens is 374 g/mol. The average molecular weight is 396 g/mol. The Morgan fingerprint density at radius 2 is 1.71 bits per heavy atom. The molecule has 5 nitrogen and oxygen atoms in total. The third-order valence-electron chi connectivity index (χ3n) is 4.01. The Balaban J connectivity index is 1.53. The van der Waals surface area contributed by atoms with E-state index in [0.717, 1.165) is 30.0 Å². The molecule has 0 radical (unpaired) electrons. The van der Waals surface area contributed by atoms with Crippen LogP contribution in [0.2, 0.25) is 5.02 Å². The molecule has 1 aromatic heterocycles. The lowest BCUT2D eigenvalue weighted by Crippen LogP contribution is -2.13. The van der Waals surface area contributed by atoms with E-state index in [1.54, 1.807) is 24.4 Å². The number of aromatic nitrogens is 1. The second-order valence-corrected chi connectivity index (χ2v) is 6.69. The van der Waals surface area contributed by atoms with Crippen molar-refractivity contribution in [2.24, 2.45) is 0 Å². The van der Waals surface area contributed by atoms with Gasteiger partial charge in [-0.15, -0.1) is 0 Å². The smallest absolute Gasteiger partial charge is 0.274 e. The number of nitrogens with one attached hydrogen (secondary N) is 2. The largest absolute Gasteiger partial charge is 0.489 e. The van der Waals surface area contributed by atoms with Crippen LogP contribution in [0, 0.1) is 0 Å². The molecule has 144 valence electrons. The summed E-state index contributed by atoms with van der Waals surface area (Å²) in [4.78, 5) is 16.5. The van der Waals surface area contributed by atoms with Crippen molar-refractivity contribution in [3.05, 3.63) is 83.1 Å². The average Bonchev–Trinajstić information content (AvgIpc) is 2.73. The van der Waals surface area contributed by atoms with Gasteiger partial charge in [0.15, 0.2) is 0 Å². The Hall–Kier alpha value is -3.05. The molecule has 3 aromatic rings. The van der Waals surface area contributed by atoms with Crippen LogP contribution in [0.15, 0.2) is 66.9 Å². The van der Waals surface area contributed by atoms with Crippen molar-refractivity contribution in [3.63, 3.8) is 0 Å². The van der Waals surface area contributed by atoms with Crippen LogP contribution in [0.5, 0.6) is 5.75 Å². The van der Waals surface area contributed by atoms with Gasteiger partial charge >= 0.3 is 0 Å². The fourth-order valence-electron chi connectivity index (χ4n) is 2.48. The molecule has 3 rings (SSSR count). The van der Waals surface area contributed by atoms with Gasteiger partial charge in [-0.25, -0.2) is 4.98 Å². The fourth-order valence-corrected chi connectivity index (χ4v) is 2.60. The Kier molecular flexibility index (Phi) is 6.87. The summed E-state index contributed by atoms with van der Waals surface area (Å²) < 4.78 is 5.75. The summed E-state index contributed by atoms with van der Waals surface area (Å²) in [6.45, 7) is 3.42. The fraction of sp³-hybridized carbons (Fsp3) is 0.182. The normalized spacial score (nSPS) is 10.4. The van der Waals surface area contributed by atoms with Gasteiger partial charge in [-0.3, -0.25) is 4.79 Å². The molecule has 0 fully saturated rings. The highest BCUT2D eigenvalue weighted by Gasteiger charge is 2.08. The Bertz CT molecular complexity index is 895.